The van der Waals surface area contributed by atoms with Crippen molar-refractivity contribution in [3.63, 3.8) is 0 Å². The summed E-state index contributed by atoms with van der Waals surface area (Å²) in [5.41, 5.74) is 2.33. The number of para-hydroxylation sites is 1. The van der Waals surface area contributed by atoms with Crippen LogP contribution in [-0.2, 0) is 6.54 Å². The predicted molar refractivity (Wildman–Crippen MR) is 128 cm³/mol. The van der Waals surface area contributed by atoms with E-state index in [1.165, 1.54) is 0 Å². The molecule has 0 spiro atoms. The monoisotopic (exact) mass is 453 g/mol. The fourth-order valence-electron chi connectivity index (χ4n) is 4.00. The van der Waals surface area contributed by atoms with Gasteiger partial charge in [-0.15, -0.1) is 0 Å². The van der Waals surface area contributed by atoms with E-state index in [9.17, 15) is 4.79 Å². The summed E-state index contributed by atoms with van der Waals surface area (Å²) in [4.78, 5) is 16.8. The molecule has 34 heavy (non-hydrogen) atoms. The molecule has 2 amide bonds. The molecule has 1 saturated heterocycles. The van der Waals surface area contributed by atoms with E-state index < -0.39 is 0 Å². The Morgan fingerprint density at radius 1 is 1.00 bits per heavy atom. The lowest BCUT2D eigenvalue weighted by Gasteiger charge is -2.34. The molecule has 8 heteroatoms. The molecule has 170 valence electrons. The molecule has 1 N–H and O–H groups in total. The summed E-state index contributed by atoms with van der Waals surface area (Å²) in [6.07, 6.45) is 0. The normalized spacial score (nSPS) is 14.0. The summed E-state index contributed by atoms with van der Waals surface area (Å²) < 4.78 is 11.2. The Morgan fingerprint density at radius 2 is 1.76 bits per heavy atom. The number of piperazine rings is 1. The fourth-order valence-corrected chi connectivity index (χ4v) is 4.00. The molecule has 5 rings (SSSR count). The van der Waals surface area contributed by atoms with Crippen LogP contribution in [0.25, 0.3) is 11.0 Å². The van der Waals surface area contributed by atoms with Gasteiger partial charge in [0.25, 0.3) is 0 Å². The van der Waals surface area contributed by atoms with Crippen LogP contribution in [0.5, 0.6) is 11.5 Å². The van der Waals surface area contributed by atoms with Gasteiger partial charge in [0.2, 0.25) is 0 Å². The Kier molecular flexibility index (Phi) is 6.10. The lowest BCUT2D eigenvalue weighted by atomic mass is 10.2. The molecule has 0 saturated carbocycles. The molecule has 0 unspecified atom stereocenters. The standard InChI is InChI=1S/C26H23N5O3/c27-17-19-5-3-7-21(15-19)33-22-8-4-6-20(16-22)18-30-11-13-31(14-12-30)26(32)28-25-23-9-1-2-10-24(23)34-29-25/h1-10,15-16H,11-14,18H2,(H,28,29,32). The number of urea groups is 1. The van der Waals surface area contributed by atoms with E-state index in [2.05, 4.69) is 27.5 Å². The van der Waals surface area contributed by atoms with Gasteiger partial charge in [-0.1, -0.05) is 35.5 Å². The van der Waals surface area contributed by atoms with Crippen molar-refractivity contribution in [1.29, 1.82) is 5.26 Å². The molecule has 1 aliphatic rings. The maximum Gasteiger partial charge on any atom is 0.323 e. The molecule has 8 nitrogen and oxygen atoms in total. The first-order chi connectivity index (χ1) is 16.7. The molecular formula is C26H23N5O3. The van der Waals surface area contributed by atoms with Crippen LogP contribution in [0.2, 0.25) is 0 Å². The topological polar surface area (TPSA) is 94.6 Å². The predicted octanol–water partition coefficient (Wildman–Crippen LogP) is 4.84. The summed E-state index contributed by atoms with van der Waals surface area (Å²) >= 11 is 0. The number of fused-ring (bicyclic) bond motifs is 1. The van der Waals surface area contributed by atoms with Crippen molar-refractivity contribution in [2.24, 2.45) is 0 Å². The first-order valence-corrected chi connectivity index (χ1v) is 11.1. The number of nitriles is 1. The third-order valence-corrected chi connectivity index (χ3v) is 5.77. The third kappa shape index (κ3) is 4.85. The second-order valence-electron chi connectivity index (χ2n) is 8.11. The van der Waals surface area contributed by atoms with Crippen molar-refractivity contribution in [1.82, 2.24) is 15.0 Å². The van der Waals surface area contributed by atoms with E-state index in [1.54, 1.807) is 23.1 Å². The second kappa shape index (κ2) is 9.65. The van der Waals surface area contributed by atoms with E-state index in [1.807, 2.05) is 48.5 Å². The molecule has 3 aromatic carbocycles. The minimum atomic E-state index is -0.173. The number of amides is 2. The average molecular weight is 454 g/mol. The fraction of sp³-hybridized carbons (Fsp3) is 0.192. The van der Waals surface area contributed by atoms with E-state index in [0.717, 1.165) is 36.3 Å². The quantitative estimate of drug-likeness (QED) is 0.465. The van der Waals surface area contributed by atoms with Crippen LogP contribution in [-0.4, -0.2) is 47.2 Å². The minimum absolute atomic E-state index is 0.173. The number of aromatic nitrogens is 1. The first-order valence-electron chi connectivity index (χ1n) is 11.1. The molecule has 0 aliphatic carbocycles. The van der Waals surface area contributed by atoms with Crippen LogP contribution < -0.4 is 10.1 Å². The molecule has 0 radical (unpaired) electrons. The number of nitrogens with one attached hydrogen (secondary N) is 1. The Balaban J connectivity index is 1.15. The van der Waals surface area contributed by atoms with Crippen molar-refractivity contribution >= 4 is 22.8 Å². The summed E-state index contributed by atoms with van der Waals surface area (Å²) in [6, 6.07) is 24.4. The molecule has 1 fully saturated rings. The van der Waals surface area contributed by atoms with Crippen LogP contribution in [0.1, 0.15) is 11.1 Å². The van der Waals surface area contributed by atoms with Crippen LogP contribution in [0.3, 0.4) is 0 Å². The number of hydrogen-bond donors (Lipinski definition) is 1. The number of nitrogens with zero attached hydrogens (tertiary/aromatic N) is 4. The Hall–Kier alpha value is -4.35. The SMILES string of the molecule is N#Cc1cccc(Oc2cccc(CN3CCN(C(=O)Nc4noc5ccccc45)CC3)c2)c1. The van der Waals surface area contributed by atoms with Gasteiger partial charge >= 0.3 is 6.03 Å². The van der Waals surface area contributed by atoms with Crippen molar-refractivity contribution < 1.29 is 14.1 Å². The van der Waals surface area contributed by atoms with E-state index in [0.29, 0.717) is 35.8 Å². The molecule has 0 bridgehead atoms. The van der Waals surface area contributed by atoms with Crippen molar-refractivity contribution in [2.75, 3.05) is 31.5 Å². The highest BCUT2D eigenvalue weighted by Crippen LogP contribution is 2.25. The summed E-state index contributed by atoms with van der Waals surface area (Å²) in [7, 11) is 0. The number of ether oxygens (including phenoxy) is 1. The second-order valence-corrected chi connectivity index (χ2v) is 8.11. The van der Waals surface area contributed by atoms with Gasteiger partial charge < -0.3 is 14.2 Å². The third-order valence-electron chi connectivity index (χ3n) is 5.77. The average Bonchev–Trinajstić information content (AvgIpc) is 3.27. The lowest BCUT2D eigenvalue weighted by molar-refractivity contribution is 0.143. The maximum atomic E-state index is 12.7. The highest BCUT2D eigenvalue weighted by atomic mass is 16.5. The van der Waals surface area contributed by atoms with Gasteiger partial charge in [-0.25, -0.2) is 4.79 Å². The highest BCUT2D eigenvalue weighted by Gasteiger charge is 2.22. The molecule has 1 aliphatic heterocycles. The number of hydrogen-bond acceptors (Lipinski definition) is 6. The highest BCUT2D eigenvalue weighted by molar-refractivity contribution is 5.98. The van der Waals surface area contributed by atoms with E-state index >= 15 is 0 Å². The van der Waals surface area contributed by atoms with Gasteiger partial charge in [-0.05, 0) is 48.0 Å². The van der Waals surface area contributed by atoms with Gasteiger partial charge in [-0.3, -0.25) is 10.2 Å². The zero-order valence-corrected chi connectivity index (χ0v) is 18.5. The Morgan fingerprint density at radius 3 is 2.59 bits per heavy atom. The zero-order valence-electron chi connectivity index (χ0n) is 18.5. The van der Waals surface area contributed by atoms with Crippen LogP contribution in [0.4, 0.5) is 10.6 Å². The molecule has 2 heterocycles. The summed E-state index contributed by atoms with van der Waals surface area (Å²) in [5, 5.41) is 16.7. The summed E-state index contributed by atoms with van der Waals surface area (Å²) in [6.45, 7) is 3.54. The lowest BCUT2D eigenvalue weighted by Crippen LogP contribution is -2.49. The molecule has 4 aromatic rings. The molecule has 1 aromatic heterocycles. The number of carbonyl (C=O) groups excluding carboxylic acids is 1. The van der Waals surface area contributed by atoms with Gasteiger partial charge in [0.05, 0.1) is 17.0 Å². The Bertz CT molecular complexity index is 1350. The number of rotatable bonds is 5. The van der Waals surface area contributed by atoms with Crippen LogP contribution in [0.15, 0.2) is 77.3 Å². The summed E-state index contributed by atoms with van der Waals surface area (Å²) in [5.74, 6) is 1.81. The Labute approximate surface area is 196 Å². The molecular weight excluding hydrogens is 430 g/mol. The number of benzene rings is 3. The first kappa shape index (κ1) is 21.5. The van der Waals surface area contributed by atoms with Crippen LogP contribution >= 0.6 is 0 Å². The number of anilines is 1. The smallest absolute Gasteiger partial charge is 0.323 e. The van der Waals surface area contributed by atoms with E-state index in [4.69, 9.17) is 14.5 Å². The van der Waals surface area contributed by atoms with Crippen molar-refractivity contribution in [2.45, 2.75) is 6.54 Å². The van der Waals surface area contributed by atoms with Crippen molar-refractivity contribution in [3.8, 4) is 17.6 Å². The minimum Gasteiger partial charge on any atom is -0.457 e. The van der Waals surface area contributed by atoms with Crippen LogP contribution in [0, 0.1) is 11.3 Å². The van der Waals surface area contributed by atoms with Gasteiger partial charge in [0.1, 0.15) is 11.5 Å². The zero-order chi connectivity index (χ0) is 23.3. The maximum absolute atomic E-state index is 12.7. The van der Waals surface area contributed by atoms with Gasteiger partial charge in [-0.2, -0.15) is 5.26 Å². The van der Waals surface area contributed by atoms with Gasteiger partial charge in [0.15, 0.2) is 11.4 Å². The largest absolute Gasteiger partial charge is 0.457 e. The van der Waals surface area contributed by atoms with Gasteiger partial charge in [0, 0.05) is 32.7 Å². The van der Waals surface area contributed by atoms with Crippen molar-refractivity contribution in [3.05, 3.63) is 83.9 Å². The van der Waals surface area contributed by atoms with E-state index in [-0.39, 0.29) is 6.03 Å². The number of carbonyl (C=O) groups is 1. The molecule has 0 atom stereocenters.